The van der Waals surface area contributed by atoms with Gasteiger partial charge < -0.3 is 9.57 Å². The normalized spacial score (nSPS) is 16.2. The van der Waals surface area contributed by atoms with E-state index in [2.05, 4.69) is 9.74 Å². The summed E-state index contributed by atoms with van der Waals surface area (Å²) >= 11 is 0. The number of amides is 2. The van der Waals surface area contributed by atoms with Crippen molar-refractivity contribution < 1.29 is 29.2 Å². The second-order valence-corrected chi connectivity index (χ2v) is 6.69. The van der Waals surface area contributed by atoms with E-state index < -0.39 is 21.8 Å². The quantitative estimate of drug-likeness (QED) is 0.242. The van der Waals surface area contributed by atoms with E-state index in [0.717, 1.165) is 36.9 Å². The first-order valence-electron chi connectivity index (χ1n) is 9.19. The molecule has 0 spiro atoms. The maximum absolute atomic E-state index is 12.5. The number of carbonyl (C=O) groups excluding carboxylic acids is 2. The molecule has 1 saturated heterocycles. The lowest BCUT2D eigenvalue weighted by molar-refractivity contribution is -0.757. The molecular formula is C17H20N4O8. The Morgan fingerprint density at radius 2 is 1.62 bits per heavy atom. The molecule has 12 nitrogen and oxygen atoms in total. The predicted molar refractivity (Wildman–Crippen MR) is 97.2 cm³/mol. The summed E-state index contributed by atoms with van der Waals surface area (Å²) in [7, 11) is 0. The molecule has 2 amide bonds. The van der Waals surface area contributed by atoms with E-state index in [9.17, 15) is 29.8 Å². The van der Waals surface area contributed by atoms with Crippen LogP contribution in [0.5, 0.6) is 5.75 Å². The highest BCUT2D eigenvalue weighted by Crippen LogP contribution is 2.35. The van der Waals surface area contributed by atoms with Gasteiger partial charge in [0, 0.05) is 25.2 Å². The van der Waals surface area contributed by atoms with Crippen molar-refractivity contribution in [3.8, 4) is 5.75 Å². The molecular weight excluding hydrogens is 388 g/mol. The van der Waals surface area contributed by atoms with Crippen LogP contribution in [-0.2, 0) is 4.84 Å². The topological polar surface area (TPSA) is 145 Å². The molecule has 0 N–H and O–H groups in total. The minimum Gasteiger partial charge on any atom is -0.485 e. The van der Waals surface area contributed by atoms with Gasteiger partial charge in [0.05, 0.1) is 22.7 Å². The number of ether oxygens (including phenoxy) is 1. The van der Waals surface area contributed by atoms with Gasteiger partial charge in [-0.1, -0.05) is 0 Å². The van der Waals surface area contributed by atoms with Crippen LogP contribution in [0.15, 0.2) is 12.1 Å². The van der Waals surface area contributed by atoms with Crippen molar-refractivity contribution >= 4 is 17.5 Å². The minimum atomic E-state index is -0.961. The van der Waals surface area contributed by atoms with Gasteiger partial charge in [-0.2, -0.15) is 0 Å². The molecule has 12 heteroatoms. The summed E-state index contributed by atoms with van der Waals surface area (Å²) in [6, 6.07) is 2.28. The SMILES string of the molecule is O=C1c2cc(OCCN3CCCC3)c([N+](=O)[O-])cc2C(=O)N1CCCO[N+](=O)[O-]. The van der Waals surface area contributed by atoms with Gasteiger partial charge in [-0.05, 0) is 32.4 Å². The molecule has 1 aromatic carbocycles. The molecule has 0 saturated carbocycles. The molecule has 2 aliphatic rings. The van der Waals surface area contributed by atoms with E-state index in [-0.39, 0.29) is 48.7 Å². The molecule has 2 heterocycles. The van der Waals surface area contributed by atoms with Crippen LogP contribution in [0, 0.1) is 20.2 Å². The average molecular weight is 408 g/mol. The number of likely N-dealkylation sites (tertiary alicyclic amines) is 1. The zero-order chi connectivity index (χ0) is 21.0. The van der Waals surface area contributed by atoms with E-state index in [4.69, 9.17) is 4.74 Å². The fourth-order valence-corrected chi connectivity index (χ4v) is 3.42. The van der Waals surface area contributed by atoms with Crippen molar-refractivity contribution in [1.29, 1.82) is 0 Å². The average Bonchev–Trinajstić information content (AvgIpc) is 3.26. The van der Waals surface area contributed by atoms with E-state index >= 15 is 0 Å². The van der Waals surface area contributed by atoms with Crippen molar-refractivity contribution in [2.75, 3.05) is 39.4 Å². The van der Waals surface area contributed by atoms with Crippen LogP contribution in [0.25, 0.3) is 0 Å². The number of nitro benzene ring substituents is 1. The van der Waals surface area contributed by atoms with Crippen molar-refractivity contribution in [2.24, 2.45) is 0 Å². The van der Waals surface area contributed by atoms with Crippen LogP contribution in [0.4, 0.5) is 5.69 Å². The van der Waals surface area contributed by atoms with Crippen LogP contribution >= 0.6 is 0 Å². The molecule has 1 fully saturated rings. The fraction of sp³-hybridized carbons (Fsp3) is 0.529. The molecule has 156 valence electrons. The molecule has 0 radical (unpaired) electrons. The number of rotatable bonds is 10. The maximum atomic E-state index is 12.5. The Morgan fingerprint density at radius 3 is 2.24 bits per heavy atom. The van der Waals surface area contributed by atoms with E-state index in [1.54, 1.807) is 0 Å². The Labute approximate surface area is 165 Å². The zero-order valence-corrected chi connectivity index (χ0v) is 15.6. The van der Waals surface area contributed by atoms with Crippen LogP contribution in [-0.4, -0.2) is 71.0 Å². The van der Waals surface area contributed by atoms with E-state index in [1.807, 2.05) is 0 Å². The van der Waals surface area contributed by atoms with Crippen LogP contribution < -0.4 is 4.74 Å². The molecule has 0 aliphatic carbocycles. The number of carbonyl (C=O) groups is 2. The Kier molecular flexibility index (Phi) is 6.22. The zero-order valence-electron chi connectivity index (χ0n) is 15.6. The first-order chi connectivity index (χ1) is 13.9. The third kappa shape index (κ3) is 4.59. The summed E-state index contributed by atoms with van der Waals surface area (Å²) in [4.78, 5) is 53.2. The summed E-state index contributed by atoms with van der Waals surface area (Å²) < 4.78 is 5.57. The molecule has 0 unspecified atom stereocenters. The number of nitrogens with zero attached hydrogens (tertiary/aromatic N) is 4. The van der Waals surface area contributed by atoms with Gasteiger partial charge in [-0.3, -0.25) is 29.5 Å². The summed E-state index contributed by atoms with van der Waals surface area (Å²) in [6.07, 6.45) is 2.28. The van der Waals surface area contributed by atoms with Gasteiger partial charge in [-0.15, -0.1) is 10.1 Å². The van der Waals surface area contributed by atoms with Gasteiger partial charge in [0.1, 0.15) is 6.61 Å². The van der Waals surface area contributed by atoms with E-state index in [1.165, 1.54) is 6.07 Å². The van der Waals surface area contributed by atoms with Gasteiger partial charge in [0.25, 0.3) is 16.9 Å². The fourth-order valence-electron chi connectivity index (χ4n) is 3.42. The Balaban J connectivity index is 1.72. The maximum Gasteiger partial charge on any atom is 0.311 e. The van der Waals surface area contributed by atoms with Crippen molar-refractivity contribution in [2.45, 2.75) is 19.3 Å². The Bertz CT molecular complexity index is 837. The van der Waals surface area contributed by atoms with Crippen LogP contribution in [0.3, 0.4) is 0 Å². The smallest absolute Gasteiger partial charge is 0.311 e. The lowest BCUT2D eigenvalue weighted by Gasteiger charge is -2.15. The number of nitro groups is 1. The molecule has 3 rings (SSSR count). The third-order valence-corrected chi connectivity index (χ3v) is 4.83. The van der Waals surface area contributed by atoms with Gasteiger partial charge in [-0.25, -0.2) is 0 Å². The monoisotopic (exact) mass is 408 g/mol. The predicted octanol–water partition coefficient (Wildman–Crippen LogP) is 1.26. The number of imide groups is 1. The van der Waals surface area contributed by atoms with Crippen molar-refractivity contribution in [3.63, 3.8) is 0 Å². The number of hydrogen-bond acceptors (Lipinski definition) is 9. The van der Waals surface area contributed by atoms with Gasteiger partial charge in [0.15, 0.2) is 5.75 Å². The lowest BCUT2D eigenvalue weighted by atomic mass is 10.1. The summed E-state index contributed by atoms with van der Waals surface area (Å²) in [6.45, 7) is 2.38. The Morgan fingerprint density at radius 1 is 0.966 bits per heavy atom. The van der Waals surface area contributed by atoms with Gasteiger partial charge in [0.2, 0.25) is 0 Å². The summed E-state index contributed by atoms with van der Waals surface area (Å²) in [5.74, 6) is -1.36. The second-order valence-electron chi connectivity index (χ2n) is 6.69. The molecule has 1 aromatic rings. The molecule has 29 heavy (non-hydrogen) atoms. The first kappa shape index (κ1) is 20.5. The summed E-state index contributed by atoms with van der Waals surface area (Å²) in [5, 5.41) is 20.6. The Hall–Kier alpha value is -3.28. The number of benzene rings is 1. The highest BCUT2D eigenvalue weighted by atomic mass is 16.9. The second kappa shape index (κ2) is 8.82. The summed E-state index contributed by atoms with van der Waals surface area (Å²) in [5.41, 5.74) is -0.444. The van der Waals surface area contributed by atoms with Crippen molar-refractivity contribution in [1.82, 2.24) is 9.80 Å². The van der Waals surface area contributed by atoms with Crippen LogP contribution in [0.1, 0.15) is 40.0 Å². The first-order valence-corrected chi connectivity index (χ1v) is 9.19. The molecule has 0 bridgehead atoms. The third-order valence-electron chi connectivity index (χ3n) is 4.83. The largest absolute Gasteiger partial charge is 0.485 e. The lowest BCUT2D eigenvalue weighted by Crippen LogP contribution is -2.31. The minimum absolute atomic E-state index is 0.0203. The standard InChI is InChI=1S/C17H20N4O8/c22-16-12-10-14(20(24)25)15(28-9-7-18-4-1-2-5-18)11-13(12)17(23)19(16)6-3-8-29-21(26)27/h10-11H,1-9H2. The van der Waals surface area contributed by atoms with Gasteiger partial charge >= 0.3 is 5.69 Å². The molecule has 0 atom stereocenters. The van der Waals surface area contributed by atoms with Crippen molar-refractivity contribution in [3.05, 3.63) is 43.5 Å². The highest BCUT2D eigenvalue weighted by molar-refractivity contribution is 6.21. The number of hydrogen-bond donors (Lipinski definition) is 0. The highest BCUT2D eigenvalue weighted by Gasteiger charge is 2.38. The molecule has 2 aliphatic heterocycles. The number of fused-ring (bicyclic) bond motifs is 1. The van der Waals surface area contributed by atoms with Crippen LogP contribution in [0.2, 0.25) is 0 Å². The molecule has 0 aromatic heterocycles. The van der Waals surface area contributed by atoms with E-state index in [0.29, 0.717) is 6.54 Å².